The van der Waals surface area contributed by atoms with Gasteiger partial charge in [0, 0.05) is 6.42 Å². The number of carbonyl (C=O) groups is 1. The number of hydrogen-bond acceptors (Lipinski definition) is 2. The summed E-state index contributed by atoms with van der Waals surface area (Å²) in [5.74, 6) is -5.13. The Morgan fingerprint density at radius 3 is 1.81 bits per heavy atom. The number of H-pyrrole nitrogens is 1. The van der Waals surface area contributed by atoms with E-state index in [1.165, 1.54) is 0 Å². The van der Waals surface area contributed by atoms with Gasteiger partial charge in [0.05, 0.1) is 0 Å². The standard InChI is InChI=1S/C21H26F3NO2/c1-20(2,3)12-9-11(10-13(18(12)27)21(4,5)6)7-8-14(26)17-15(22)16(23)19(24)25-17/h9-10,25,27H,7-8H2,1-6H3. The Kier molecular flexibility index (Phi) is 5.51. The van der Waals surface area contributed by atoms with Crippen LogP contribution in [0.25, 0.3) is 0 Å². The number of aromatic amines is 1. The smallest absolute Gasteiger partial charge is 0.230 e. The summed E-state index contributed by atoms with van der Waals surface area (Å²) in [7, 11) is 0. The van der Waals surface area contributed by atoms with Crippen molar-refractivity contribution in [3.05, 3.63) is 52.1 Å². The van der Waals surface area contributed by atoms with E-state index in [4.69, 9.17) is 0 Å². The maximum atomic E-state index is 13.6. The second-order valence-electron chi connectivity index (χ2n) is 8.90. The van der Waals surface area contributed by atoms with Crippen molar-refractivity contribution in [3.63, 3.8) is 0 Å². The van der Waals surface area contributed by atoms with Gasteiger partial charge in [0.25, 0.3) is 0 Å². The van der Waals surface area contributed by atoms with Crippen LogP contribution in [0.4, 0.5) is 13.2 Å². The van der Waals surface area contributed by atoms with Gasteiger partial charge in [0.2, 0.25) is 11.8 Å². The van der Waals surface area contributed by atoms with E-state index >= 15 is 0 Å². The summed E-state index contributed by atoms with van der Waals surface area (Å²) >= 11 is 0. The molecule has 1 aromatic carbocycles. The minimum Gasteiger partial charge on any atom is -0.507 e. The molecule has 2 rings (SSSR count). The van der Waals surface area contributed by atoms with Gasteiger partial charge in [-0.25, -0.2) is 4.39 Å². The monoisotopic (exact) mass is 381 g/mol. The van der Waals surface area contributed by atoms with Crippen LogP contribution in [0.1, 0.15) is 75.1 Å². The molecule has 1 aromatic heterocycles. The molecule has 0 amide bonds. The molecular formula is C21H26F3NO2. The fourth-order valence-electron chi connectivity index (χ4n) is 2.98. The van der Waals surface area contributed by atoms with Crippen LogP contribution >= 0.6 is 0 Å². The highest BCUT2D eigenvalue weighted by molar-refractivity contribution is 5.94. The molecule has 148 valence electrons. The number of phenolic OH excluding ortho intramolecular Hbond substituents is 1. The topological polar surface area (TPSA) is 53.1 Å². The van der Waals surface area contributed by atoms with Gasteiger partial charge < -0.3 is 10.1 Å². The third-order valence-electron chi connectivity index (χ3n) is 4.54. The van der Waals surface area contributed by atoms with Gasteiger partial charge in [-0.1, -0.05) is 53.7 Å². The fourth-order valence-corrected chi connectivity index (χ4v) is 2.98. The molecule has 0 bridgehead atoms. The maximum Gasteiger partial charge on any atom is 0.230 e. The molecule has 0 fully saturated rings. The first-order valence-electron chi connectivity index (χ1n) is 8.86. The molecule has 0 atom stereocenters. The van der Waals surface area contributed by atoms with Gasteiger partial charge >= 0.3 is 0 Å². The average Bonchev–Trinajstić information content (AvgIpc) is 2.79. The molecule has 0 saturated heterocycles. The number of halogens is 3. The first-order valence-corrected chi connectivity index (χ1v) is 8.86. The molecular weight excluding hydrogens is 355 g/mol. The van der Waals surface area contributed by atoms with Crippen LogP contribution < -0.4 is 0 Å². The summed E-state index contributed by atoms with van der Waals surface area (Å²) in [5.41, 5.74) is 0.977. The minimum atomic E-state index is -1.67. The predicted octanol–water partition coefficient (Wildman–Crippen LogP) is 5.55. The first-order chi connectivity index (χ1) is 12.2. The van der Waals surface area contributed by atoms with Crippen molar-refractivity contribution < 1.29 is 23.1 Å². The molecule has 2 aromatic rings. The molecule has 0 saturated carbocycles. The number of aryl methyl sites for hydroxylation is 1. The number of rotatable bonds is 4. The first kappa shape index (κ1) is 21.1. The van der Waals surface area contributed by atoms with Crippen molar-refractivity contribution in [1.29, 1.82) is 0 Å². The van der Waals surface area contributed by atoms with Crippen molar-refractivity contribution in [2.75, 3.05) is 0 Å². The Hall–Kier alpha value is -2.24. The largest absolute Gasteiger partial charge is 0.507 e. The molecule has 0 radical (unpaired) electrons. The lowest BCUT2D eigenvalue weighted by Gasteiger charge is -2.28. The summed E-state index contributed by atoms with van der Waals surface area (Å²) in [6, 6.07) is 3.65. The molecule has 6 heteroatoms. The van der Waals surface area contributed by atoms with E-state index in [2.05, 4.69) is 0 Å². The third-order valence-corrected chi connectivity index (χ3v) is 4.54. The number of carbonyl (C=O) groups excluding carboxylic acids is 1. The van der Waals surface area contributed by atoms with E-state index in [1.54, 1.807) is 0 Å². The summed E-state index contributed by atoms with van der Waals surface area (Å²) in [6.07, 6.45) is 0.140. The lowest BCUT2D eigenvalue weighted by Crippen LogP contribution is -2.18. The number of aromatic nitrogens is 1. The van der Waals surface area contributed by atoms with Crippen molar-refractivity contribution in [2.45, 2.75) is 65.2 Å². The minimum absolute atomic E-state index is 0.117. The Labute approximate surface area is 157 Å². The lowest BCUT2D eigenvalue weighted by molar-refractivity contribution is 0.0973. The van der Waals surface area contributed by atoms with Crippen molar-refractivity contribution in [1.82, 2.24) is 4.98 Å². The molecule has 0 aliphatic heterocycles. The van der Waals surface area contributed by atoms with Crippen LogP contribution in [-0.4, -0.2) is 15.9 Å². The highest BCUT2D eigenvalue weighted by atomic mass is 19.2. The van der Waals surface area contributed by atoms with Gasteiger partial charge in [-0.15, -0.1) is 0 Å². The summed E-state index contributed by atoms with van der Waals surface area (Å²) < 4.78 is 39.8. The molecule has 2 N–H and O–H groups in total. The van der Waals surface area contributed by atoms with E-state index in [9.17, 15) is 23.1 Å². The highest BCUT2D eigenvalue weighted by Crippen LogP contribution is 2.40. The van der Waals surface area contributed by atoms with E-state index in [0.29, 0.717) is 0 Å². The summed E-state index contributed by atoms with van der Waals surface area (Å²) in [6.45, 7) is 11.9. The van der Waals surface area contributed by atoms with E-state index < -0.39 is 29.1 Å². The molecule has 27 heavy (non-hydrogen) atoms. The number of phenols is 1. The fraction of sp³-hybridized carbons (Fsp3) is 0.476. The average molecular weight is 381 g/mol. The van der Waals surface area contributed by atoms with Gasteiger partial charge in [-0.3, -0.25) is 4.79 Å². The van der Waals surface area contributed by atoms with Gasteiger partial charge in [-0.2, -0.15) is 8.78 Å². The van der Waals surface area contributed by atoms with E-state index in [-0.39, 0.29) is 29.4 Å². The number of benzene rings is 1. The third kappa shape index (κ3) is 4.37. The number of aromatic hydroxyl groups is 1. The van der Waals surface area contributed by atoms with Crippen LogP contribution in [0.2, 0.25) is 0 Å². The van der Waals surface area contributed by atoms with Crippen LogP contribution in [0.15, 0.2) is 12.1 Å². The van der Waals surface area contributed by atoms with Gasteiger partial charge in [-0.05, 0) is 33.9 Å². The SMILES string of the molecule is CC(C)(C)c1cc(CCC(=O)c2[nH]c(F)c(F)c2F)cc(C(C)(C)C)c1O. The van der Waals surface area contributed by atoms with Crippen LogP contribution in [0.3, 0.4) is 0 Å². The lowest BCUT2D eigenvalue weighted by atomic mass is 9.78. The summed E-state index contributed by atoms with van der Waals surface area (Å²) in [4.78, 5) is 14.0. The molecule has 0 unspecified atom stereocenters. The highest BCUT2D eigenvalue weighted by Gasteiger charge is 2.27. The summed E-state index contributed by atoms with van der Waals surface area (Å²) in [5, 5.41) is 10.7. The zero-order chi connectivity index (χ0) is 20.7. The molecule has 1 heterocycles. The van der Waals surface area contributed by atoms with Crippen molar-refractivity contribution >= 4 is 5.78 Å². The van der Waals surface area contributed by atoms with Crippen LogP contribution in [0.5, 0.6) is 5.75 Å². The number of Topliss-reactive ketones (excluding diaryl/α,β-unsaturated/α-hetero) is 1. The van der Waals surface area contributed by atoms with Gasteiger partial charge in [0.1, 0.15) is 11.4 Å². The Morgan fingerprint density at radius 1 is 0.963 bits per heavy atom. The number of hydrogen-bond donors (Lipinski definition) is 2. The van der Waals surface area contributed by atoms with Crippen LogP contribution in [0, 0.1) is 17.6 Å². The molecule has 0 aliphatic carbocycles. The maximum absolute atomic E-state index is 13.6. The van der Waals surface area contributed by atoms with Gasteiger partial charge in [0.15, 0.2) is 11.6 Å². The van der Waals surface area contributed by atoms with Crippen LogP contribution in [-0.2, 0) is 17.3 Å². The molecule has 0 spiro atoms. The van der Waals surface area contributed by atoms with Crippen molar-refractivity contribution in [2.24, 2.45) is 0 Å². The Morgan fingerprint density at radius 2 is 1.44 bits per heavy atom. The second-order valence-corrected chi connectivity index (χ2v) is 8.90. The second kappa shape index (κ2) is 7.06. The van der Waals surface area contributed by atoms with E-state index in [1.807, 2.05) is 58.7 Å². The quantitative estimate of drug-likeness (QED) is 0.683. The zero-order valence-corrected chi connectivity index (χ0v) is 16.6. The Bertz CT molecular complexity index is 836. The number of ketones is 1. The van der Waals surface area contributed by atoms with E-state index in [0.717, 1.165) is 16.7 Å². The van der Waals surface area contributed by atoms with Crippen molar-refractivity contribution in [3.8, 4) is 5.75 Å². The normalized spacial score (nSPS) is 12.5. The number of nitrogens with one attached hydrogen (secondary N) is 1. The zero-order valence-electron chi connectivity index (χ0n) is 16.6. The Balaban J connectivity index is 2.36. The predicted molar refractivity (Wildman–Crippen MR) is 98.8 cm³/mol. The molecule has 0 aliphatic rings. The molecule has 3 nitrogen and oxygen atoms in total.